The molecule has 96 valence electrons. The number of benzene rings is 1. The van der Waals surface area contributed by atoms with Crippen LogP contribution in [0.1, 0.15) is 36.5 Å². The fourth-order valence-corrected chi connectivity index (χ4v) is 2.05. The molecule has 1 heterocycles. The van der Waals surface area contributed by atoms with Gasteiger partial charge in [-0.2, -0.15) is 0 Å². The normalized spacial score (nSPS) is 19.2. The Morgan fingerprint density at radius 1 is 1.39 bits per heavy atom. The predicted octanol–water partition coefficient (Wildman–Crippen LogP) is 1.97. The summed E-state index contributed by atoms with van der Waals surface area (Å²) in [5, 5.41) is 6.20. The fraction of sp³-hybridized carbons (Fsp3) is 0.429. The van der Waals surface area contributed by atoms with Crippen molar-refractivity contribution in [1.82, 2.24) is 5.32 Å². The number of ketones is 1. The van der Waals surface area contributed by atoms with E-state index >= 15 is 0 Å². The summed E-state index contributed by atoms with van der Waals surface area (Å²) >= 11 is 0. The van der Waals surface area contributed by atoms with Crippen LogP contribution < -0.4 is 10.6 Å². The van der Waals surface area contributed by atoms with Gasteiger partial charge in [-0.15, -0.1) is 0 Å². The highest BCUT2D eigenvalue weighted by atomic mass is 16.1. The van der Waals surface area contributed by atoms with Gasteiger partial charge in [-0.3, -0.25) is 9.59 Å². The van der Waals surface area contributed by atoms with Crippen LogP contribution in [0.25, 0.3) is 0 Å². The summed E-state index contributed by atoms with van der Waals surface area (Å²) in [7, 11) is 0. The Morgan fingerprint density at radius 2 is 2.11 bits per heavy atom. The first kappa shape index (κ1) is 12.6. The van der Waals surface area contributed by atoms with Crippen LogP contribution in [-0.2, 0) is 4.79 Å². The molecule has 4 nitrogen and oxygen atoms in total. The summed E-state index contributed by atoms with van der Waals surface area (Å²) in [6, 6.07) is 7.79. The Bertz CT molecular complexity index is 430. The van der Waals surface area contributed by atoms with Gasteiger partial charge in [0.25, 0.3) is 0 Å². The van der Waals surface area contributed by atoms with Crippen LogP contribution in [0.5, 0.6) is 0 Å². The molecule has 4 heteroatoms. The molecule has 0 aromatic heterocycles. The second-order valence-corrected chi connectivity index (χ2v) is 4.54. The van der Waals surface area contributed by atoms with Crippen LogP contribution in [0, 0.1) is 0 Å². The maximum absolute atomic E-state index is 11.5. The topological polar surface area (TPSA) is 58.2 Å². The van der Waals surface area contributed by atoms with E-state index < -0.39 is 0 Å². The van der Waals surface area contributed by atoms with Crippen molar-refractivity contribution in [2.45, 2.75) is 32.2 Å². The van der Waals surface area contributed by atoms with Crippen molar-refractivity contribution < 1.29 is 9.59 Å². The van der Waals surface area contributed by atoms with E-state index in [2.05, 4.69) is 10.6 Å². The second-order valence-electron chi connectivity index (χ2n) is 4.54. The van der Waals surface area contributed by atoms with Gasteiger partial charge in [0, 0.05) is 36.7 Å². The van der Waals surface area contributed by atoms with Crippen molar-refractivity contribution in [1.29, 1.82) is 0 Å². The van der Waals surface area contributed by atoms with Gasteiger partial charge in [0.15, 0.2) is 5.78 Å². The summed E-state index contributed by atoms with van der Waals surface area (Å²) in [6.45, 7) is 2.52. The van der Waals surface area contributed by atoms with Gasteiger partial charge in [-0.05, 0) is 30.7 Å². The largest absolute Gasteiger partial charge is 0.381 e. The zero-order valence-corrected chi connectivity index (χ0v) is 10.5. The quantitative estimate of drug-likeness (QED) is 0.798. The monoisotopic (exact) mass is 246 g/mol. The second kappa shape index (κ2) is 5.67. The molecule has 0 radical (unpaired) electrons. The lowest BCUT2D eigenvalue weighted by Crippen LogP contribution is -2.41. The van der Waals surface area contributed by atoms with Crippen molar-refractivity contribution >= 4 is 17.4 Å². The van der Waals surface area contributed by atoms with E-state index in [-0.39, 0.29) is 17.7 Å². The molecule has 2 rings (SSSR count). The molecule has 1 aliphatic rings. The lowest BCUT2D eigenvalue weighted by atomic mass is 10.1. The highest BCUT2D eigenvalue weighted by Crippen LogP contribution is 2.15. The van der Waals surface area contributed by atoms with Crippen LogP contribution in [-0.4, -0.2) is 24.3 Å². The number of carbonyl (C=O) groups is 2. The zero-order valence-electron chi connectivity index (χ0n) is 10.5. The highest BCUT2D eigenvalue weighted by Gasteiger charge is 2.17. The number of anilines is 1. The molecule has 2 N–H and O–H groups in total. The average Bonchev–Trinajstić information content (AvgIpc) is 2.41. The molecule has 1 unspecified atom stereocenters. The van der Waals surface area contributed by atoms with E-state index in [1.165, 1.54) is 0 Å². The molecule has 1 saturated heterocycles. The number of amides is 1. The summed E-state index contributed by atoms with van der Waals surface area (Å²) in [5.41, 5.74) is 1.74. The van der Waals surface area contributed by atoms with Crippen molar-refractivity contribution in [3.63, 3.8) is 0 Å². The molecule has 0 bridgehead atoms. The van der Waals surface area contributed by atoms with Crippen molar-refractivity contribution in [2.24, 2.45) is 0 Å². The van der Waals surface area contributed by atoms with Gasteiger partial charge in [-0.25, -0.2) is 0 Å². The molecule has 0 saturated carbocycles. The molecule has 1 aromatic rings. The molecule has 1 aliphatic heterocycles. The Kier molecular flexibility index (Phi) is 3.97. The molecule has 1 aromatic carbocycles. The van der Waals surface area contributed by atoms with Gasteiger partial charge in [0.2, 0.25) is 5.91 Å². The number of hydrogen-bond acceptors (Lipinski definition) is 3. The van der Waals surface area contributed by atoms with Gasteiger partial charge >= 0.3 is 0 Å². The number of piperidine rings is 1. The van der Waals surface area contributed by atoms with E-state index in [4.69, 9.17) is 0 Å². The number of Topliss-reactive ketones (excluding diaryl/α,β-unsaturated/α-hetero) is 1. The SMILES string of the molecule is CCC(=O)c1ccc(NC2CCC(=O)NC2)cc1. The molecule has 1 atom stereocenters. The number of carbonyl (C=O) groups excluding carboxylic acids is 2. The van der Waals surface area contributed by atoms with E-state index in [0.717, 1.165) is 17.7 Å². The molecule has 0 spiro atoms. The van der Waals surface area contributed by atoms with Crippen LogP contribution in [0.4, 0.5) is 5.69 Å². The summed E-state index contributed by atoms with van der Waals surface area (Å²) in [5.74, 6) is 0.281. The Morgan fingerprint density at radius 3 is 2.67 bits per heavy atom. The summed E-state index contributed by atoms with van der Waals surface area (Å²) < 4.78 is 0. The van der Waals surface area contributed by atoms with Gasteiger partial charge in [-0.1, -0.05) is 6.92 Å². The maximum Gasteiger partial charge on any atom is 0.220 e. The molecule has 1 fully saturated rings. The average molecular weight is 246 g/mol. The lowest BCUT2D eigenvalue weighted by Gasteiger charge is -2.24. The minimum Gasteiger partial charge on any atom is -0.381 e. The van der Waals surface area contributed by atoms with Crippen molar-refractivity contribution in [2.75, 3.05) is 11.9 Å². The molecule has 18 heavy (non-hydrogen) atoms. The minimum atomic E-state index is 0.122. The van der Waals surface area contributed by atoms with Crippen LogP contribution in [0.15, 0.2) is 24.3 Å². The molecular weight excluding hydrogens is 228 g/mol. The zero-order chi connectivity index (χ0) is 13.0. The first-order valence-electron chi connectivity index (χ1n) is 6.35. The first-order valence-corrected chi connectivity index (χ1v) is 6.35. The number of hydrogen-bond donors (Lipinski definition) is 2. The molecule has 1 amide bonds. The molecular formula is C14H18N2O2. The van der Waals surface area contributed by atoms with E-state index in [1.54, 1.807) is 0 Å². The van der Waals surface area contributed by atoms with Crippen molar-refractivity contribution in [3.8, 4) is 0 Å². The van der Waals surface area contributed by atoms with Crippen LogP contribution in [0.2, 0.25) is 0 Å². The third-order valence-corrected chi connectivity index (χ3v) is 3.16. The highest BCUT2D eigenvalue weighted by molar-refractivity contribution is 5.96. The Hall–Kier alpha value is -1.84. The standard InChI is InChI=1S/C14H18N2O2/c1-2-13(17)10-3-5-11(6-4-10)16-12-7-8-14(18)15-9-12/h3-6,12,16H,2,7-9H2,1H3,(H,15,18). The third kappa shape index (κ3) is 3.09. The summed E-state index contributed by atoms with van der Waals surface area (Å²) in [4.78, 5) is 22.5. The smallest absolute Gasteiger partial charge is 0.220 e. The summed E-state index contributed by atoms with van der Waals surface area (Å²) in [6.07, 6.45) is 1.95. The van der Waals surface area contributed by atoms with E-state index in [1.807, 2.05) is 31.2 Å². The number of nitrogens with one attached hydrogen (secondary N) is 2. The third-order valence-electron chi connectivity index (χ3n) is 3.16. The van der Waals surface area contributed by atoms with E-state index in [9.17, 15) is 9.59 Å². The van der Waals surface area contributed by atoms with Crippen LogP contribution >= 0.6 is 0 Å². The minimum absolute atomic E-state index is 0.122. The van der Waals surface area contributed by atoms with Gasteiger partial charge < -0.3 is 10.6 Å². The first-order chi connectivity index (χ1) is 8.69. The van der Waals surface area contributed by atoms with Gasteiger partial charge in [0.1, 0.15) is 0 Å². The van der Waals surface area contributed by atoms with Crippen LogP contribution in [0.3, 0.4) is 0 Å². The van der Waals surface area contributed by atoms with E-state index in [0.29, 0.717) is 19.4 Å². The molecule has 0 aliphatic carbocycles. The van der Waals surface area contributed by atoms with Crippen molar-refractivity contribution in [3.05, 3.63) is 29.8 Å². The Balaban J connectivity index is 1.94. The lowest BCUT2D eigenvalue weighted by molar-refractivity contribution is -0.122. The fourth-order valence-electron chi connectivity index (χ4n) is 2.05. The maximum atomic E-state index is 11.5. The number of rotatable bonds is 4. The predicted molar refractivity (Wildman–Crippen MR) is 70.7 cm³/mol. The van der Waals surface area contributed by atoms with Gasteiger partial charge in [0.05, 0.1) is 0 Å². The Labute approximate surface area is 107 Å².